The van der Waals surface area contributed by atoms with Gasteiger partial charge < -0.3 is 5.21 Å². The average Bonchev–Trinajstić information content (AvgIpc) is 2.33. The molecule has 0 bridgehead atoms. The van der Waals surface area contributed by atoms with Crippen molar-refractivity contribution in [2.45, 2.75) is 16.4 Å². The van der Waals surface area contributed by atoms with Crippen LogP contribution in [0.4, 0.5) is 0 Å². The molecule has 1 saturated heterocycles. The molecule has 1 aliphatic heterocycles. The lowest BCUT2D eigenvalue weighted by molar-refractivity contribution is 0.319. The molecule has 2 atom stereocenters. The van der Waals surface area contributed by atoms with Crippen LogP contribution in [0, 0.1) is 0 Å². The van der Waals surface area contributed by atoms with E-state index < -0.39 is 0 Å². The second-order valence-corrected chi connectivity index (χ2v) is 6.24. The molecule has 0 aliphatic carbocycles. The smallest absolute Gasteiger partial charge is 0.103 e. The largest absolute Gasteiger partial charge is 0.411 e. The number of thioether (sulfide) groups is 2. The van der Waals surface area contributed by atoms with Crippen molar-refractivity contribution in [2.75, 3.05) is 19.8 Å². The van der Waals surface area contributed by atoms with Crippen LogP contribution in [0.15, 0.2) is 5.16 Å². The highest BCUT2D eigenvalue weighted by Gasteiger charge is 2.36. The molecule has 0 radical (unpaired) electrons. The summed E-state index contributed by atoms with van der Waals surface area (Å²) in [5.41, 5.74) is 0. The van der Waals surface area contributed by atoms with Crippen LogP contribution in [0.1, 0.15) is 6.92 Å². The highest BCUT2D eigenvalue weighted by molar-refractivity contribution is 8.21. The lowest BCUT2D eigenvalue weighted by atomic mass is 10.2. The molecular weight excluding hydrogens is 192 g/mol. The van der Waals surface area contributed by atoms with Crippen molar-refractivity contribution < 1.29 is 5.21 Å². The minimum absolute atomic E-state index is 0.00560. The Balaban J connectivity index is 2.54. The molecule has 1 rings (SSSR count). The predicted molar refractivity (Wildman–Crippen MR) is 56.2 cm³/mol. The van der Waals surface area contributed by atoms with E-state index in [-0.39, 0.29) is 4.75 Å². The van der Waals surface area contributed by atoms with Crippen molar-refractivity contribution in [1.82, 2.24) is 4.90 Å². The third kappa shape index (κ3) is 2.31. The van der Waals surface area contributed by atoms with Gasteiger partial charge in [0.2, 0.25) is 0 Å². The summed E-state index contributed by atoms with van der Waals surface area (Å²) in [6, 6.07) is 0. The fourth-order valence-electron chi connectivity index (χ4n) is 0.979. The maximum Gasteiger partial charge on any atom is 0.103 e. The van der Waals surface area contributed by atoms with Gasteiger partial charge in [-0.3, -0.25) is 4.90 Å². The van der Waals surface area contributed by atoms with Crippen LogP contribution in [0.2, 0.25) is 0 Å². The molecule has 3 nitrogen and oxygen atoms in total. The van der Waals surface area contributed by atoms with Gasteiger partial charge in [0, 0.05) is 5.75 Å². The van der Waals surface area contributed by atoms with E-state index in [4.69, 9.17) is 5.21 Å². The SMILES string of the molecule is CN(C)[C@@H]1SC[C@](C)(/C=N\O)S1. The molecule has 1 heterocycles. The molecule has 5 heteroatoms. The van der Waals surface area contributed by atoms with Crippen molar-refractivity contribution in [3.05, 3.63) is 0 Å². The second kappa shape index (κ2) is 3.89. The van der Waals surface area contributed by atoms with Gasteiger partial charge in [0.1, 0.15) is 4.71 Å². The fraction of sp³-hybridized carbons (Fsp3) is 0.857. The topological polar surface area (TPSA) is 35.8 Å². The predicted octanol–water partition coefficient (Wildman–Crippen LogP) is 1.53. The second-order valence-electron chi connectivity index (χ2n) is 3.26. The molecule has 0 unspecified atom stereocenters. The summed E-state index contributed by atoms with van der Waals surface area (Å²) in [5.74, 6) is 1.00. The fourth-order valence-corrected chi connectivity index (χ4v) is 4.22. The summed E-state index contributed by atoms with van der Waals surface area (Å²) in [4.78, 5) is 2.17. The number of hydrogen-bond acceptors (Lipinski definition) is 5. The first-order valence-corrected chi connectivity index (χ1v) is 5.65. The molecule has 70 valence electrons. The van der Waals surface area contributed by atoms with Crippen LogP contribution in [-0.4, -0.2) is 45.6 Å². The van der Waals surface area contributed by atoms with Gasteiger partial charge in [-0.15, -0.1) is 28.7 Å². The first kappa shape index (κ1) is 10.2. The number of nitrogens with zero attached hydrogens (tertiary/aromatic N) is 2. The van der Waals surface area contributed by atoms with E-state index >= 15 is 0 Å². The van der Waals surface area contributed by atoms with Gasteiger partial charge in [0.25, 0.3) is 0 Å². The summed E-state index contributed by atoms with van der Waals surface area (Å²) in [6.45, 7) is 2.09. The van der Waals surface area contributed by atoms with E-state index in [2.05, 4.69) is 31.1 Å². The van der Waals surface area contributed by atoms with E-state index in [0.29, 0.717) is 4.71 Å². The van der Waals surface area contributed by atoms with Gasteiger partial charge >= 0.3 is 0 Å². The quantitative estimate of drug-likeness (QED) is 0.422. The molecule has 0 spiro atoms. The van der Waals surface area contributed by atoms with Crippen LogP contribution in [-0.2, 0) is 0 Å². The summed E-state index contributed by atoms with van der Waals surface area (Å²) in [7, 11) is 4.12. The van der Waals surface area contributed by atoms with Gasteiger partial charge in [-0.05, 0) is 21.0 Å². The third-order valence-corrected chi connectivity index (χ3v) is 5.40. The molecule has 0 amide bonds. The standard InChI is InChI=1S/C7H14N2OS2/c1-7(4-8-10)5-11-6(12-7)9(2)3/h4,6,10H,5H2,1-3H3/b8-4-/t6-,7+/m1/s1. The molecular formula is C7H14N2OS2. The van der Waals surface area contributed by atoms with Gasteiger partial charge in [-0.25, -0.2) is 0 Å². The number of rotatable bonds is 2. The molecule has 0 saturated carbocycles. The van der Waals surface area contributed by atoms with Crippen molar-refractivity contribution in [1.29, 1.82) is 0 Å². The first-order chi connectivity index (χ1) is 5.57. The van der Waals surface area contributed by atoms with Gasteiger partial charge in [-0.1, -0.05) is 0 Å². The highest BCUT2D eigenvalue weighted by atomic mass is 32.2. The summed E-state index contributed by atoms with van der Waals surface area (Å²) in [5, 5.41) is 11.6. The van der Waals surface area contributed by atoms with Crippen molar-refractivity contribution in [2.24, 2.45) is 5.16 Å². The van der Waals surface area contributed by atoms with Gasteiger partial charge in [0.05, 0.1) is 11.0 Å². The Morgan fingerprint density at radius 1 is 1.67 bits per heavy atom. The molecule has 12 heavy (non-hydrogen) atoms. The van der Waals surface area contributed by atoms with Crippen LogP contribution in [0.25, 0.3) is 0 Å². The Morgan fingerprint density at radius 3 is 2.75 bits per heavy atom. The molecule has 0 aromatic carbocycles. The Bertz CT molecular complexity index is 186. The van der Waals surface area contributed by atoms with E-state index in [1.54, 1.807) is 6.21 Å². The van der Waals surface area contributed by atoms with Crippen molar-refractivity contribution in [3.63, 3.8) is 0 Å². The van der Waals surface area contributed by atoms with Crippen molar-refractivity contribution in [3.8, 4) is 0 Å². The zero-order chi connectivity index (χ0) is 9.19. The average molecular weight is 206 g/mol. The Hall–Kier alpha value is 0.130. The first-order valence-electron chi connectivity index (χ1n) is 3.72. The van der Waals surface area contributed by atoms with Gasteiger partial charge in [0.15, 0.2) is 0 Å². The normalized spacial score (nSPS) is 36.8. The minimum atomic E-state index is -0.00560. The number of oxime groups is 1. The summed E-state index contributed by atoms with van der Waals surface area (Å²) < 4.78 is 0.474. The number of hydrogen-bond donors (Lipinski definition) is 1. The minimum Gasteiger partial charge on any atom is -0.411 e. The molecule has 0 aromatic heterocycles. The third-order valence-electron chi connectivity index (χ3n) is 1.64. The van der Waals surface area contributed by atoms with Crippen LogP contribution >= 0.6 is 23.5 Å². The maximum atomic E-state index is 8.45. The zero-order valence-electron chi connectivity index (χ0n) is 7.52. The molecule has 1 aliphatic rings. The lowest BCUT2D eigenvalue weighted by Crippen LogP contribution is -2.24. The summed E-state index contributed by atoms with van der Waals surface area (Å²) >= 11 is 3.71. The lowest BCUT2D eigenvalue weighted by Gasteiger charge is -2.19. The molecule has 0 aromatic rings. The van der Waals surface area contributed by atoms with Crippen LogP contribution in [0.5, 0.6) is 0 Å². The Labute approximate surface area is 81.6 Å². The van der Waals surface area contributed by atoms with E-state index in [1.807, 2.05) is 23.5 Å². The van der Waals surface area contributed by atoms with E-state index in [1.165, 1.54) is 0 Å². The molecule has 1 fully saturated rings. The monoisotopic (exact) mass is 206 g/mol. The molecule has 1 N–H and O–H groups in total. The van der Waals surface area contributed by atoms with Gasteiger partial charge in [-0.2, -0.15) is 0 Å². The van der Waals surface area contributed by atoms with Crippen LogP contribution in [0.3, 0.4) is 0 Å². The summed E-state index contributed by atoms with van der Waals surface area (Å²) in [6.07, 6.45) is 1.62. The highest BCUT2D eigenvalue weighted by Crippen LogP contribution is 2.45. The van der Waals surface area contributed by atoms with Crippen molar-refractivity contribution >= 4 is 29.7 Å². The van der Waals surface area contributed by atoms with Crippen LogP contribution < -0.4 is 0 Å². The van der Waals surface area contributed by atoms with E-state index in [0.717, 1.165) is 5.75 Å². The Morgan fingerprint density at radius 2 is 2.33 bits per heavy atom. The zero-order valence-corrected chi connectivity index (χ0v) is 9.15. The maximum absolute atomic E-state index is 8.45. The van der Waals surface area contributed by atoms with E-state index in [9.17, 15) is 0 Å². The Kier molecular flexibility index (Phi) is 3.31.